The van der Waals surface area contributed by atoms with Crippen LogP contribution in [0.15, 0.2) is 18.2 Å². The lowest BCUT2D eigenvalue weighted by molar-refractivity contribution is 0.0234. The molecule has 0 fully saturated rings. The van der Waals surface area contributed by atoms with Gasteiger partial charge in [0.15, 0.2) is 0 Å². The summed E-state index contributed by atoms with van der Waals surface area (Å²) < 4.78 is 5.38. The number of ether oxygens (including phenoxy) is 1. The molecule has 2 nitrogen and oxygen atoms in total. The highest BCUT2D eigenvalue weighted by Gasteiger charge is 2.21. The van der Waals surface area contributed by atoms with Crippen LogP contribution < -0.4 is 0 Å². The Morgan fingerprint density at radius 1 is 1.58 bits per heavy atom. The number of benzene rings is 1. The SMILES string of the molecule is Cc1ccc2c(c1)CO[C@@H]2CO. The number of aliphatic hydroxyl groups excluding tert-OH is 1. The molecule has 1 aliphatic heterocycles. The standard InChI is InChI=1S/C10H12O2/c1-7-2-3-9-8(4-7)6-12-10(9)5-11/h2-4,10-11H,5-6H2,1H3/t10-/m1/s1. The van der Waals surface area contributed by atoms with E-state index in [-0.39, 0.29) is 12.7 Å². The van der Waals surface area contributed by atoms with Crippen LogP contribution in [-0.2, 0) is 11.3 Å². The van der Waals surface area contributed by atoms with Gasteiger partial charge in [-0.15, -0.1) is 0 Å². The molecule has 64 valence electrons. The van der Waals surface area contributed by atoms with Crippen molar-refractivity contribution in [3.63, 3.8) is 0 Å². The Morgan fingerprint density at radius 3 is 3.17 bits per heavy atom. The Kier molecular flexibility index (Phi) is 1.87. The minimum atomic E-state index is -0.0967. The first kappa shape index (κ1) is 7.77. The Hall–Kier alpha value is -0.860. The van der Waals surface area contributed by atoms with Crippen LogP contribution >= 0.6 is 0 Å². The van der Waals surface area contributed by atoms with Crippen molar-refractivity contribution in [3.05, 3.63) is 34.9 Å². The van der Waals surface area contributed by atoms with Crippen molar-refractivity contribution in [1.29, 1.82) is 0 Å². The van der Waals surface area contributed by atoms with Gasteiger partial charge in [0.2, 0.25) is 0 Å². The zero-order valence-corrected chi connectivity index (χ0v) is 7.08. The second kappa shape index (κ2) is 2.88. The summed E-state index contributed by atoms with van der Waals surface area (Å²) in [6.45, 7) is 2.78. The number of hydrogen-bond acceptors (Lipinski definition) is 2. The number of aliphatic hydroxyl groups is 1. The van der Waals surface area contributed by atoms with Gasteiger partial charge < -0.3 is 9.84 Å². The molecule has 1 aliphatic rings. The third-order valence-corrected chi connectivity index (χ3v) is 2.25. The normalized spacial score (nSPS) is 21.0. The van der Waals surface area contributed by atoms with Crippen molar-refractivity contribution in [1.82, 2.24) is 0 Å². The zero-order chi connectivity index (χ0) is 8.55. The molecule has 0 saturated heterocycles. The highest BCUT2D eigenvalue weighted by Crippen LogP contribution is 2.30. The Morgan fingerprint density at radius 2 is 2.42 bits per heavy atom. The zero-order valence-electron chi connectivity index (χ0n) is 7.08. The molecule has 0 radical (unpaired) electrons. The summed E-state index contributed by atoms with van der Waals surface area (Å²) in [5.74, 6) is 0. The lowest BCUT2D eigenvalue weighted by Gasteiger charge is -2.05. The third kappa shape index (κ3) is 1.13. The molecular weight excluding hydrogens is 152 g/mol. The van der Waals surface area contributed by atoms with Crippen LogP contribution in [0, 0.1) is 6.92 Å². The Labute approximate surface area is 71.8 Å². The second-order valence-electron chi connectivity index (χ2n) is 3.18. The molecule has 1 N–H and O–H groups in total. The van der Waals surface area contributed by atoms with E-state index in [4.69, 9.17) is 9.84 Å². The topological polar surface area (TPSA) is 29.5 Å². The van der Waals surface area contributed by atoms with Crippen LogP contribution in [0.5, 0.6) is 0 Å². The van der Waals surface area contributed by atoms with Gasteiger partial charge in [0.05, 0.1) is 13.2 Å². The summed E-state index contributed by atoms with van der Waals surface area (Å²) in [6, 6.07) is 6.21. The van der Waals surface area contributed by atoms with E-state index in [1.807, 2.05) is 6.07 Å². The van der Waals surface area contributed by atoms with Crippen molar-refractivity contribution < 1.29 is 9.84 Å². The van der Waals surface area contributed by atoms with Crippen LogP contribution in [0.25, 0.3) is 0 Å². The average Bonchev–Trinajstić information content (AvgIpc) is 2.46. The maximum Gasteiger partial charge on any atom is 0.106 e. The van der Waals surface area contributed by atoms with Crippen LogP contribution in [0.2, 0.25) is 0 Å². The summed E-state index contributed by atoms with van der Waals surface area (Å²) in [5.41, 5.74) is 3.60. The first-order valence-electron chi connectivity index (χ1n) is 4.13. The summed E-state index contributed by atoms with van der Waals surface area (Å²) in [6.07, 6.45) is -0.0967. The average molecular weight is 164 g/mol. The lowest BCUT2D eigenvalue weighted by Crippen LogP contribution is -2.00. The molecule has 2 heteroatoms. The highest BCUT2D eigenvalue weighted by atomic mass is 16.5. The molecule has 0 aliphatic carbocycles. The maximum absolute atomic E-state index is 8.96. The summed E-state index contributed by atoms with van der Waals surface area (Å²) in [7, 11) is 0. The molecule has 12 heavy (non-hydrogen) atoms. The van der Waals surface area contributed by atoms with Crippen LogP contribution in [-0.4, -0.2) is 11.7 Å². The van der Waals surface area contributed by atoms with E-state index in [9.17, 15) is 0 Å². The molecule has 0 bridgehead atoms. The van der Waals surface area contributed by atoms with Crippen LogP contribution in [0.4, 0.5) is 0 Å². The minimum Gasteiger partial charge on any atom is -0.393 e. The molecule has 0 saturated carbocycles. The summed E-state index contributed by atoms with van der Waals surface area (Å²) in [5, 5.41) is 8.96. The lowest BCUT2D eigenvalue weighted by atomic mass is 10.0. The smallest absolute Gasteiger partial charge is 0.106 e. The first-order valence-corrected chi connectivity index (χ1v) is 4.13. The monoisotopic (exact) mass is 164 g/mol. The predicted octanol–water partition coefficient (Wildman–Crippen LogP) is 1.56. The van der Waals surface area contributed by atoms with Crippen molar-refractivity contribution in [2.24, 2.45) is 0 Å². The second-order valence-corrected chi connectivity index (χ2v) is 3.18. The fraction of sp³-hybridized carbons (Fsp3) is 0.400. The van der Waals surface area contributed by atoms with Crippen LogP contribution in [0.3, 0.4) is 0 Å². The van der Waals surface area contributed by atoms with Gasteiger partial charge in [0.25, 0.3) is 0 Å². The summed E-state index contributed by atoms with van der Waals surface area (Å²) >= 11 is 0. The van der Waals surface area contributed by atoms with Crippen molar-refractivity contribution in [2.45, 2.75) is 19.6 Å². The number of rotatable bonds is 1. The van der Waals surface area contributed by atoms with Gasteiger partial charge in [0.1, 0.15) is 6.10 Å². The molecule has 0 aromatic heterocycles. The quantitative estimate of drug-likeness (QED) is 0.682. The highest BCUT2D eigenvalue weighted by molar-refractivity contribution is 5.35. The Balaban J connectivity index is 2.40. The van der Waals surface area contributed by atoms with E-state index >= 15 is 0 Å². The fourth-order valence-corrected chi connectivity index (χ4v) is 1.60. The summed E-state index contributed by atoms with van der Waals surface area (Å²) in [4.78, 5) is 0. The molecule has 1 heterocycles. The molecule has 2 rings (SSSR count). The number of hydrogen-bond donors (Lipinski definition) is 1. The van der Waals surface area contributed by atoms with E-state index in [0.29, 0.717) is 6.61 Å². The van der Waals surface area contributed by atoms with Gasteiger partial charge in [0, 0.05) is 0 Å². The molecule has 0 spiro atoms. The van der Waals surface area contributed by atoms with E-state index < -0.39 is 0 Å². The van der Waals surface area contributed by atoms with E-state index in [0.717, 1.165) is 5.56 Å². The van der Waals surface area contributed by atoms with Crippen molar-refractivity contribution in [3.8, 4) is 0 Å². The third-order valence-electron chi connectivity index (χ3n) is 2.25. The van der Waals surface area contributed by atoms with Crippen molar-refractivity contribution in [2.75, 3.05) is 6.61 Å². The van der Waals surface area contributed by atoms with Gasteiger partial charge >= 0.3 is 0 Å². The fourth-order valence-electron chi connectivity index (χ4n) is 1.60. The largest absolute Gasteiger partial charge is 0.393 e. The number of aryl methyl sites for hydroxylation is 1. The molecular formula is C10H12O2. The van der Waals surface area contributed by atoms with E-state index in [1.165, 1.54) is 11.1 Å². The predicted molar refractivity (Wildman–Crippen MR) is 45.8 cm³/mol. The molecule has 1 aromatic rings. The van der Waals surface area contributed by atoms with Gasteiger partial charge in [-0.2, -0.15) is 0 Å². The van der Waals surface area contributed by atoms with Crippen LogP contribution in [0.1, 0.15) is 22.8 Å². The van der Waals surface area contributed by atoms with E-state index in [2.05, 4.69) is 19.1 Å². The van der Waals surface area contributed by atoms with Gasteiger partial charge in [-0.3, -0.25) is 0 Å². The van der Waals surface area contributed by atoms with E-state index in [1.54, 1.807) is 0 Å². The molecule has 0 unspecified atom stereocenters. The van der Waals surface area contributed by atoms with Crippen molar-refractivity contribution >= 4 is 0 Å². The minimum absolute atomic E-state index is 0.0794. The Bertz CT molecular complexity index is 294. The van der Waals surface area contributed by atoms with Gasteiger partial charge in [-0.25, -0.2) is 0 Å². The number of fused-ring (bicyclic) bond motifs is 1. The van der Waals surface area contributed by atoms with Gasteiger partial charge in [-0.05, 0) is 18.1 Å². The molecule has 0 amide bonds. The molecule has 1 aromatic carbocycles. The van der Waals surface area contributed by atoms with Gasteiger partial charge in [-0.1, -0.05) is 23.8 Å². The maximum atomic E-state index is 8.96. The first-order chi connectivity index (χ1) is 5.81. The molecule has 1 atom stereocenters.